The van der Waals surface area contributed by atoms with Gasteiger partial charge in [-0.1, -0.05) is 28.1 Å². The highest BCUT2D eigenvalue weighted by Gasteiger charge is 2.14. The van der Waals surface area contributed by atoms with E-state index in [4.69, 9.17) is 10.8 Å². The molecule has 1 aliphatic rings. The third-order valence-corrected chi connectivity index (χ3v) is 4.03. The van der Waals surface area contributed by atoms with Crippen LogP contribution >= 0.6 is 15.9 Å². The van der Waals surface area contributed by atoms with Crippen LogP contribution in [0.25, 0.3) is 0 Å². The van der Waals surface area contributed by atoms with Gasteiger partial charge in [0.1, 0.15) is 0 Å². The van der Waals surface area contributed by atoms with Gasteiger partial charge in [0, 0.05) is 11.0 Å². The van der Waals surface area contributed by atoms with Crippen LogP contribution in [0.1, 0.15) is 30.0 Å². The van der Waals surface area contributed by atoms with Gasteiger partial charge in [-0.2, -0.15) is 0 Å². The Balaban J connectivity index is 2.08. The molecule has 1 saturated heterocycles. The molecule has 3 nitrogen and oxygen atoms in total. The number of nitrogens with zero attached hydrogens (tertiary/aromatic N) is 1. The summed E-state index contributed by atoms with van der Waals surface area (Å²) in [5.74, 6) is 0. The monoisotopic (exact) mass is 298 g/mol. The first kappa shape index (κ1) is 13.0. The maximum absolute atomic E-state index is 9.03. The van der Waals surface area contributed by atoms with Crippen LogP contribution in [-0.2, 0) is 6.54 Å². The topological polar surface area (TPSA) is 49.5 Å². The number of likely N-dealkylation sites (tertiary alicyclic amines) is 1. The van der Waals surface area contributed by atoms with E-state index in [0.717, 1.165) is 16.6 Å². The fourth-order valence-corrected chi connectivity index (χ4v) is 2.73. The summed E-state index contributed by atoms with van der Waals surface area (Å²) in [5, 5.41) is 9.03. The minimum Gasteiger partial charge on any atom is -0.394 e. The van der Waals surface area contributed by atoms with Gasteiger partial charge >= 0.3 is 0 Å². The molecule has 3 N–H and O–H groups in total. The van der Waals surface area contributed by atoms with Crippen molar-refractivity contribution < 1.29 is 5.11 Å². The average molecular weight is 299 g/mol. The van der Waals surface area contributed by atoms with E-state index >= 15 is 0 Å². The Kier molecular flexibility index (Phi) is 4.56. The zero-order valence-corrected chi connectivity index (χ0v) is 11.5. The lowest BCUT2D eigenvalue weighted by molar-refractivity contribution is 0.268. The molecule has 0 saturated carbocycles. The molecule has 17 heavy (non-hydrogen) atoms. The summed E-state index contributed by atoms with van der Waals surface area (Å²) in [6.07, 6.45) is 2.62. The third kappa shape index (κ3) is 3.28. The van der Waals surface area contributed by atoms with Gasteiger partial charge in [0.25, 0.3) is 0 Å². The van der Waals surface area contributed by atoms with Gasteiger partial charge in [0.2, 0.25) is 0 Å². The number of hydrogen-bond acceptors (Lipinski definition) is 3. The van der Waals surface area contributed by atoms with E-state index < -0.39 is 0 Å². The van der Waals surface area contributed by atoms with Crippen LogP contribution in [0, 0.1) is 0 Å². The molecular formula is C13H19BrN2O. The summed E-state index contributed by atoms with van der Waals surface area (Å²) >= 11 is 3.59. The van der Waals surface area contributed by atoms with Crippen molar-refractivity contribution in [3.05, 3.63) is 33.8 Å². The maximum Gasteiger partial charge on any atom is 0.0624 e. The first-order chi connectivity index (χ1) is 8.20. The Bertz CT molecular complexity index is 378. The molecule has 1 atom stereocenters. The summed E-state index contributed by atoms with van der Waals surface area (Å²) in [6.45, 7) is 3.38. The van der Waals surface area contributed by atoms with Crippen LogP contribution in [0.4, 0.5) is 0 Å². The average Bonchev–Trinajstić information content (AvgIpc) is 2.83. The second-order valence-corrected chi connectivity index (χ2v) is 5.48. The summed E-state index contributed by atoms with van der Waals surface area (Å²) in [7, 11) is 0. The van der Waals surface area contributed by atoms with Crippen molar-refractivity contribution in [1.82, 2.24) is 4.90 Å². The highest BCUT2D eigenvalue weighted by molar-refractivity contribution is 9.10. The molecule has 0 aromatic heterocycles. The van der Waals surface area contributed by atoms with Gasteiger partial charge in [0.05, 0.1) is 12.6 Å². The Morgan fingerprint density at radius 1 is 1.35 bits per heavy atom. The molecule has 2 rings (SSSR count). The standard InChI is InChI=1S/C13H19BrN2O/c14-12-7-10(13(15)9-17)3-4-11(12)8-16-5-1-2-6-16/h3-4,7,13,17H,1-2,5-6,8-9,15H2. The molecule has 1 unspecified atom stereocenters. The predicted molar refractivity (Wildman–Crippen MR) is 72.7 cm³/mol. The number of aliphatic hydroxyl groups excluding tert-OH is 1. The fraction of sp³-hybridized carbons (Fsp3) is 0.538. The van der Waals surface area contributed by atoms with Crippen LogP contribution in [0.3, 0.4) is 0 Å². The molecule has 0 aliphatic carbocycles. The molecule has 1 aromatic carbocycles. The van der Waals surface area contributed by atoms with E-state index in [1.807, 2.05) is 12.1 Å². The van der Waals surface area contributed by atoms with Crippen molar-refractivity contribution in [2.24, 2.45) is 5.73 Å². The third-order valence-electron chi connectivity index (χ3n) is 3.29. The van der Waals surface area contributed by atoms with Crippen LogP contribution < -0.4 is 5.73 Å². The number of rotatable bonds is 4. The van der Waals surface area contributed by atoms with Crippen molar-refractivity contribution in [1.29, 1.82) is 0 Å². The highest BCUT2D eigenvalue weighted by atomic mass is 79.9. The number of hydrogen-bond donors (Lipinski definition) is 2. The first-order valence-electron chi connectivity index (χ1n) is 6.08. The van der Waals surface area contributed by atoms with E-state index in [9.17, 15) is 0 Å². The van der Waals surface area contributed by atoms with E-state index in [0.29, 0.717) is 0 Å². The number of nitrogens with two attached hydrogens (primary N) is 1. The lowest BCUT2D eigenvalue weighted by Gasteiger charge is -2.17. The summed E-state index contributed by atoms with van der Waals surface area (Å²) in [5.41, 5.74) is 8.06. The van der Waals surface area contributed by atoms with Crippen molar-refractivity contribution in [3.63, 3.8) is 0 Å². The van der Waals surface area contributed by atoms with Gasteiger partial charge in [-0.15, -0.1) is 0 Å². The Morgan fingerprint density at radius 2 is 2.06 bits per heavy atom. The molecule has 94 valence electrons. The van der Waals surface area contributed by atoms with Crippen molar-refractivity contribution in [2.75, 3.05) is 19.7 Å². The van der Waals surface area contributed by atoms with Gasteiger partial charge in [-0.05, 0) is 43.1 Å². The SMILES string of the molecule is NC(CO)c1ccc(CN2CCCC2)c(Br)c1. The minimum absolute atomic E-state index is 0.0160. The van der Waals surface area contributed by atoms with Gasteiger partial charge in [0.15, 0.2) is 0 Å². The molecule has 0 bridgehead atoms. The van der Waals surface area contributed by atoms with Crippen LogP contribution in [0.2, 0.25) is 0 Å². The second kappa shape index (κ2) is 5.96. The first-order valence-corrected chi connectivity index (χ1v) is 6.87. The van der Waals surface area contributed by atoms with Gasteiger partial charge < -0.3 is 10.8 Å². The Morgan fingerprint density at radius 3 is 2.65 bits per heavy atom. The molecule has 0 amide bonds. The normalized spacial score (nSPS) is 18.5. The lowest BCUT2D eigenvalue weighted by atomic mass is 10.1. The highest BCUT2D eigenvalue weighted by Crippen LogP contribution is 2.24. The molecular weight excluding hydrogens is 280 g/mol. The summed E-state index contributed by atoms with van der Waals surface area (Å²) in [6, 6.07) is 5.85. The lowest BCUT2D eigenvalue weighted by Crippen LogP contribution is -2.19. The van der Waals surface area contributed by atoms with E-state index in [1.165, 1.54) is 31.5 Å². The van der Waals surface area contributed by atoms with Gasteiger partial charge in [-0.25, -0.2) is 0 Å². The molecule has 0 spiro atoms. The number of benzene rings is 1. The van der Waals surface area contributed by atoms with Crippen molar-refractivity contribution in [3.8, 4) is 0 Å². The van der Waals surface area contributed by atoms with Crippen LogP contribution in [-0.4, -0.2) is 29.7 Å². The van der Waals surface area contributed by atoms with E-state index in [-0.39, 0.29) is 12.6 Å². The second-order valence-electron chi connectivity index (χ2n) is 4.62. The smallest absolute Gasteiger partial charge is 0.0624 e. The zero-order chi connectivity index (χ0) is 12.3. The quantitative estimate of drug-likeness (QED) is 0.894. The van der Waals surface area contributed by atoms with Crippen molar-refractivity contribution in [2.45, 2.75) is 25.4 Å². The molecule has 0 radical (unpaired) electrons. The molecule has 1 aliphatic heterocycles. The maximum atomic E-state index is 9.03. The summed E-state index contributed by atoms with van der Waals surface area (Å²) < 4.78 is 1.09. The Labute approximate surface area is 111 Å². The molecule has 1 fully saturated rings. The number of aliphatic hydroxyl groups is 1. The van der Waals surface area contributed by atoms with E-state index in [1.54, 1.807) is 0 Å². The van der Waals surface area contributed by atoms with Crippen molar-refractivity contribution >= 4 is 15.9 Å². The number of halogens is 1. The van der Waals surface area contributed by atoms with Gasteiger partial charge in [-0.3, -0.25) is 4.90 Å². The Hall–Kier alpha value is -0.420. The van der Waals surface area contributed by atoms with E-state index in [2.05, 4.69) is 26.9 Å². The molecule has 1 heterocycles. The molecule has 4 heteroatoms. The fourth-order valence-electron chi connectivity index (χ4n) is 2.21. The molecule has 1 aromatic rings. The minimum atomic E-state index is -0.285. The largest absolute Gasteiger partial charge is 0.394 e. The summed E-state index contributed by atoms with van der Waals surface area (Å²) in [4.78, 5) is 2.46. The predicted octanol–water partition coefficient (Wildman–Crippen LogP) is 2.04. The van der Waals surface area contributed by atoms with Crippen LogP contribution in [0.5, 0.6) is 0 Å². The van der Waals surface area contributed by atoms with Crippen LogP contribution in [0.15, 0.2) is 22.7 Å². The zero-order valence-electron chi connectivity index (χ0n) is 9.90.